The molecule has 18 heavy (non-hydrogen) atoms. The van der Waals surface area contributed by atoms with Crippen molar-refractivity contribution in [3.8, 4) is 11.5 Å². The van der Waals surface area contributed by atoms with E-state index in [1.807, 2.05) is 25.1 Å². The molecular formula is C14H16N2O2. The number of nitrogens with one attached hydrogen (secondary N) is 1. The fraction of sp³-hybridized carbons (Fsp3) is 0.214. The number of hydrogen-bond donors (Lipinski definition) is 2. The third-order valence-corrected chi connectivity index (χ3v) is 2.75. The number of aromatic nitrogens is 1. The highest BCUT2D eigenvalue weighted by Crippen LogP contribution is 2.30. The van der Waals surface area contributed by atoms with Crippen molar-refractivity contribution in [1.29, 1.82) is 0 Å². The highest BCUT2D eigenvalue weighted by molar-refractivity contribution is 5.47. The van der Waals surface area contributed by atoms with E-state index in [1.54, 1.807) is 31.6 Å². The summed E-state index contributed by atoms with van der Waals surface area (Å²) in [5.74, 6) is 0.974. The Kier molecular flexibility index (Phi) is 3.67. The van der Waals surface area contributed by atoms with Gasteiger partial charge in [-0.1, -0.05) is 0 Å². The molecule has 1 unspecified atom stereocenters. The monoisotopic (exact) mass is 244 g/mol. The van der Waals surface area contributed by atoms with Gasteiger partial charge in [0.15, 0.2) is 0 Å². The fourth-order valence-electron chi connectivity index (χ4n) is 1.78. The molecule has 2 rings (SSSR count). The van der Waals surface area contributed by atoms with Crippen molar-refractivity contribution in [1.82, 2.24) is 4.98 Å². The smallest absolute Gasteiger partial charge is 0.121 e. The SMILES string of the molecule is COc1ccc(O)c(C(C)Nc2cccnc2)c1. The molecule has 0 aliphatic rings. The molecule has 4 heteroatoms. The standard InChI is InChI=1S/C14H16N2O2/c1-10(16-11-4-3-7-15-9-11)13-8-12(18-2)5-6-14(13)17/h3-10,16-17H,1-2H3. The Labute approximate surface area is 106 Å². The molecule has 0 amide bonds. The fourth-order valence-corrected chi connectivity index (χ4v) is 1.78. The van der Waals surface area contributed by atoms with E-state index in [-0.39, 0.29) is 11.8 Å². The third-order valence-electron chi connectivity index (χ3n) is 2.75. The van der Waals surface area contributed by atoms with Crippen molar-refractivity contribution in [2.45, 2.75) is 13.0 Å². The number of benzene rings is 1. The molecule has 2 aromatic rings. The summed E-state index contributed by atoms with van der Waals surface area (Å²) in [6.45, 7) is 1.97. The number of nitrogens with zero attached hydrogens (tertiary/aromatic N) is 1. The van der Waals surface area contributed by atoms with Gasteiger partial charge in [-0.05, 0) is 37.3 Å². The highest BCUT2D eigenvalue weighted by atomic mass is 16.5. The van der Waals surface area contributed by atoms with Gasteiger partial charge in [-0.2, -0.15) is 0 Å². The molecule has 0 radical (unpaired) electrons. The van der Waals surface area contributed by atoms with Crippen LogP contribution in [0.1, 0.15) is 18.5 Å². The van der Waals surface area contributed by atoms with Crippen molar-refractivity contribution in [2.75, 3.05) is 12.4 Å². The Morgan fingerprint density at radius 1 is 1.33 bits per heavy atom. The molecule has 0 aliphatic heterocycles. The Morgan fingerprint density at radius 2 is 2.17 bits per heavy atom. The summed E-state index contributed by atoms with van der Waals surface area (Å²) in [5.41, 5.74) is 1.70. The zero-order valence-electron chi connectivity index (χ0n) is 10.4. The first-order valence-corrected chi connectivity index (χ1v) is 5.74. The first kappa shape index (κ1) is 12.2. The lowest BCUT2D eigenvalue weighted by atomic mass is 10.1. The molecule has 1 aromatic heterocycles. The molecule has 1 heterocycles. The van der Waals surface area contributed by atoms with E-state index in [2.05, 4.69) is 10.3 Å². The second-order valence-electron chi connectivity index (χ2n) is 4.03. The summed E-state index contributed by atoms with van der Waals surface area (Å²) in [7, 11) is 1.61. The number of phenolic OH excluding ortho intramolecular Hbond substituents is 1. The van der Waals surface area contributed by atoms with Crippen molar-refractivity contribution in [3.05, 3.63) is 48.3 Å². The van der Waals surface area contributed by atoms with Crippen LogP contribution in [0.5, 0.6) is 11.5 Å². The lowest BCUT2D eigenvalue weighted by molar-refractivity contribution is 0.410. The van der Waals surface area contributed by atoms with Gasteiger partial charge in [0, 0.05) is 18.0 Å². The first-order chi connectivity index (χ1) is 8.70. The molecule has 94 valence electrons. The Morgan fingerprint density at radius 3 is 2.83 bits per heavy atom. The van der Waals surface area contributed by atoms with Crippen LogP contribution < -0.4 is 10.1 Å². The minimum absolute atomic E-state index is 0.0377. The summed E-state index contributed by atoms with van der Waals surface area (Å²) in [6.07, 6.45) is 3.46. The number of anilines is 1. The maximum Gasteiger partial charge on any atom is 0.121 e. The van der Waals surface area contributed by atoms with Crippen LogP contribution in [0, 0.1) is 0 Å². The van der Waals surface area contributed by atoms with Crippen LogP contribution in [0.25, 0.3) is 0 Å². The number of hydrogen-bond acceptors (Lipinski definition) is 4. The lowest BCUT2D eigenvalue weighted by Crippen LogP contribution is -2.07. The lowest BCUT2D eigenvalue weighted by Gasteiger charge is -2.17. The molecule has 1 aromatic carbocycles. The van der Waals surface area contributed by atoms with E-state index in [4.69, 9.17) is 4.74 Å². The van der Waals surface area contributed by atoms with Gasteiger partial charge in [0.25, 0.3) is 0 Å². The van der Waals surface area contributed by atoms with E-state index < -0.39 is 0 Å². The number of methoxy groups -OCH3 is 1. The first-order valence-electron chi connectivity index (χ1n) is 5.74. The summed E-state index contributed by atoms with van der Waals surface area (Å²) in [4.78, 5) is 4.04. The van der Waals surface area contributed by atoms with Gasteiger partial charge in [0.05, 0.1) is 18.8 Å². The molecule has 0 saturated heterocycles. The van der Waals surface area contributed by atoms with E-state index in [0.29, 0.717) is 0 Å². The molecule has 4 nitrogen and oxygen atoms in total. The van der Waals surface area contributed by atoms with Gasteiger partial charge < -0.3 is 15.2 Å². The average Bonchev–Trinajstić information content (AvgIpc) is 2.40. The summed E-state index contributed by atoms with van der Waals surface area (Å²) in [5, 5.41) is 13.1. The number of rotatable bonds is 4. The maximum atomic E-state index is 9.87. The van der Waals surface area contributed by atoms with Crippen LogP contribution in [0.4, 0.5) is 5.69 Å². The van der Waals surface area contributed by atoms with Crippen molar-refractivity contribution >= 4 is 5.69 Å². The molecule has 2 N–H and O–H groups in total. The van der Waals surface area contributed by atoms with E-state index in [0.717, 1.165) is 17.0 Å². The minimum Gasteiger partial charge on any atom is -0.508 e. The average molecular weight is 244 g/mol. The Bertz CT molecular complexity index is 514. The zero-order chi connectivity index (χ0) is 13.0. The highest BCUT2D eigenvalue weighted by Gasteiger charge is 2.11. The quantitative estimate of drug-likeness (QED) is 0.868. The van der Waals surface area contributed by atoms with E-state index in [1.165, 1.54) is 0 Å². The predicted molar refractivity (Wildman–Crippen MR) is 70.9 cm³/mol. The zero-order valence-corrected chi connectivity index (χ0v) is 10.4. The number of aromatic hydroxyl groups is 1. The second kappa shape index (κ2) is 5.40. The van der Waals surface area contributed by atoms with Crippen LogP contribution >= 0.6 is 0 Å². The van der Waals surface area contributed by atoms with Crippen LogP contribution in [0.3, 0.4) is 0 Å². The largest absolute Gasteiger partial charge is 0.508 e. The third kappa shape index (κ3) is 2.71. The summed E-state index contributed by atoms with van der Waals surface area (Å²) < 4.78 is 5.16. The molecule has 0 bridgehead atoms. The van der Waals surface area contributed by atoms with Crippen molar-refractivity contribution in [2.24, 2.45) is 0 Å². The minimum atomic E-state index is -0.0377. The summed E-state index contributed by atoms with van der Waals surface area (Å²) >= 11 is 0. The van der Waals surface area contributed by atoms with Crippen molar-refractivity contribution < 1.29 is 9.84 Å². The van der Waals surface area contributed by atoms with Crippen LogP contribution in [0.2, 0.25) is 0 Å². The molecule has 0 saturated carbocycles. The molecule has 0 fully saturated rings. The van der Waals surface area contributed by atoms with Gasteiger partial charge in [-0.25, -0.2) is 0 Å². The summed E-state index contributed by atoms with van der Waals surface area (Å²) in [6, 6.07) is 8.94. The van der Waals surface area contributed by atoms with Crippen LogP contribution in [0.15, 0.2) is 42.7 Å². The van der Waals surface area contributed by atoms with Gasteiger partial charge in [-0.15, -0.1) is 0 Å². The molecule has 0 spiro atoms. The molecular weight excluding hydrogens is 228 g/mol. The topological polar surface area (TPSA) is 54.4 Å². The van der Waals surface area contributed by atoms with Gasteiger partial charge in [0.1, 0.15) is 11.5 Å². The van der Waals surface area contributed by atoms with Crippen molar-refractivity contribution in [3.63, 3.8) is 0 Å². The predicted octanol–water partition coefficient (Wildman–Crippen LogP) is 2.97. The number of phenols is 1. The molecule has 1 atom stereocenters. The van der Waals surface area contributed by atoms with Crippen LogP contribution in [-0.2, 0) is 0 Å². The van der Waals surface area contributed by atoms with Crippen LogP contribution in [-0.4, -0.2) is 17.2 Å². The van der Waals surface area contributed by atoms with Gasteiger partial charge in [0.2, 0.25) is 0 Å². The van der Waals surface area contributed by atoms with Gasteiger partial charge in [-0.3, -0.25) is 4.98 Å². The Balaban J connectivity index is 2.20. The normalized spacial score (nSPS) is 11.9. The van der Waals surface area contributed by atoms with Gasteiger partial charge >= 0.3 is 0 Å². The maximum absolute atomic E-state index is 9.87. The Hall–Kier alpha value is -2.23. The van der Waals surface area contributed by atoms with E-state index >= 15 is 0 Å². The second-order valence-corrected chi connectivity index (χ2v) is 4.03. The molecule has 0 aliphatic carbocycles. The number of ether oxygens (including phenoxy) is 1. The number of pyridine rings is 1. The van der Waals surface area contributed by atoms with E-state index in [9.17, 15) is 5.11 Å².